The van der Waals surface area contributed by atoms with Gasteiger partial charge in [-0.2, -0.15) is 0 Å². The molecule has 4 heterocycles. The minimum Gasteiger partial charge on any atom is -0.423 e. The van der Waals surface area contributed by atoms with Gasteiger partial charge in [-0.05, 0) is 47.7 Å². The summed E-state index contributed by atoms with van der Waals surface area (Å²) in [5, 5.41) is 22.0. The van der Waals surface area contributed by atoms with Crippen LogP contribution in [0, 0.1) is 5.41 Å². The molecule has 6 rings (SSSR count). The highest BCUT2D eigenvalue weighted by Gasteiger charge is 2.49. The second-order valence-corrected chi connectivity index (χ2v) is 11.4. The maximum atomic E-state index is 13.1. The van der Waals surface area contributed by atoms with E-state index in [0.29, 0.717) is 37.4 Å². The molecule has 0 saturated carbocycles. The van der Waals surface area contributed by atoms with Crippen molar-refractivity contribution in [2.75, 3.05) is 13.1 Å². The molecule has 3 aliphatic heterocycles. The molecular formula is C29H31N5O5. The first-order valence-corrected chi connectivity index (χ1v) is 13.2. The average molecular weight is 530 g/mol. The lowest BCUT2D eigenvalue weighted by Gasteiger charge is -2.50. The molecule has 2 saturated heterocycles. The molecule has 3 aromatic rings. The smallest absolute Gasteiger partial charge is 0.255 e. The number of hydrogen-bond donors (Lipinski definition) is 2. The predicted molar refractivity (Wildman–Crippen MR) is 140 cm³/mol. The number of rotatable bonds is 5. The van der Waals surface area contributed by atoms with E-state index >= 15 is 0 Å². The summed E-state index contributed by atoms with van der Waals surface area (Å²) in [4.78, 5) is 40.9. The summed E-state index contributed by atoms with van der Waals surface area (Å²) in [6, 6.07) is 12.9. The molecule has 3 aliphatic rings. The fourth-order valence-electron chi connectivity index (χ4n) is 6.24. The Bertz CT molecular complexity index is 1430. The number of benzene rings is 2. The van der Waals surface area contributed by atoms with Gasteiger partial charge in [-0.3, -0.25) is 24.6 Å². The van der Waals surface area contributed by atoms with Crippen LogP contribution < -0.4 is 5.32 Å². The predicted octanol–water partition coefficient (Wildman–Crippen LogP) is 2.62. The number of carbonyl (C=O) groups is 3. The molecule has 0 radical (unpaired) electrons. The first kappa shape index (κ1) is 25.4. The molecule has 2 fully saturated rings. The van der Waals surface area contributed by atoms with E-state index in [1.165, 1.54) is 11.3 Å². The number of nitrogens with one attached hydrogen (secondary N) is 1. The Morgan fingerprint density at radius 2 is 1.92 bits per heavy atom. The molecule has 3 amide bonds. The summed E-state index contributed by atoms with van der Waals surface area (Å²) < 4.78 is 5.27. The molecular weight excluding hydrogens is 498 g/mol. The molecule has 2 aromatic carbocycles. The number of aromatic nitrogens is 2. The standard InChI is InChI=1S/C29H31N5O5/c1-28(2)16-33(14-18-3-5-19(6-4-18)26-32-30-17-39-26)12-11-29(28,38)21-7-8-22-20(13-21)15-34(27(22)37)23-9-10-24(35)31-25(23)36/h3-8,13,17,23,38H,9-12,14-16H2,1-2H3,(H,31,35,36)/t23-,29+/m0/s1. The van der Waals surface area contributed by atoms with E-state index in [1.807, 2.05) is 24.3 Å². The zero-order chi connectivity index (χ0) is 27.4. The fourth-order valence-corrected chi connectivity index (χ4v) is 6.24. The Kier molecular flexibility index (Phi) is 6.11. The second-order valence-electron chi connectivity index (χ2n) is 11.4. The van der Waals surface area contributed by atoms with E-state index in [9.17, 15) is 19.5 Å². The number of hydrogen-bond acceptors (Lipinski definition) is 8. The summed E-state index contributed by atoms with van der Waals surface area (Å²) >= 11 is 0. The van der Waals surface area contributed by atoms with Crippen molar-refractivity contribution < 1.29 is 23.9 Å². The lowest BCUT2D eigenvalue weighted by atomic mass is 9.66. The van der Waals surface area contributed by atoms with Gasteiger partial charge in [-0.25, -0.2) is 0 Å². The van der Waals surface area contributed by atoms with Crippen LogP contribution in [0.3, 0.4) is 0 Å². The minimum atomic E-state index is -1.08. The van der Waals surface area contributed by atoms with Crippen molar-refractivity contribution in [1.82, 2.24) is 25.3 Å². The third-order valence-corrected chi connectivity index (χ3v) is 8.50. The Morgan fingerprint density at radius 3 is 2.62 bits per heavy atom. The zero-order valence-corrected chi connectivity index (χ0v) is 22.0. The molecule has 10 heteroatoms. The number of likely N-dealkylation sites (tertiary alicyclic amines) is 1. The van der Waals surface area contributed by atoms with Crippen LogP contribution in [0.25, 0.3) is 11.5 Å². The van der Waals surface area contributed by atoms with Gasteiger partial charge in [0.1, 0.15) is 6.04 Å². The first-order chi connectivity index (χ1) is 18.6. The van der Waals surface area contributed by atoms with Crippen LogP contribution in [0.4, 0.5) is 0 Å². The van der Waals surface area contributed by atoms with Crippen LogP contribution in [0.2, 0.25) is 0 Å². The number of fused-ring (bicyclic) bond motifs is 1. The quantitative estimate of drug-likeness (QED) is 0.483. The van der Waals surface area contributed by atoms with E-state index in [2.05, 4.69) is 46.4 Å². The zero-order valence-electron chi connectivity index (χ0n) is 22.0. The van der Waals surface area contributed by atoms with Crippen molar-refractivity contribution in [3.8, 4) is 11.5 Å². The van der Waals surface area contributed by atoms with Gasteiger partial charge in [0.2, 0.25) is 24.1 Å². The van der Waals surface area contributed by atoms with Crippen molar-refractivity contribution in [3.63, 3.8) is 0 Å². The Balaban J connectivity index is 1.16. The van der Waals surface area contributed by atoms with E-state index < -0.39 is 23.0 Å². The maximum Gasteiger partial charge on any atom is 0.255 e. The Hall–Kier alpha value is -3.89. The van der Waals surface area contributed by atoms with Gasteiger partial charge in [0.25, 0.3) is 5.91 Å². The Labute approximate surface area is 226 Å². The summed E-state index contributed by atoms with van der Waals surface area (Å²) in [5.41, 5.74) is 2.62. The number of imide groups is 1. The number of carbonyl (C=O) groups excluding carboxylic acids is 3. The largest absolute Gasteiger partial charge is 0.423 e. The van der Waals surface area contributed by atoms with Crippen molar-refractivity contribution in [3.05, 3.63) is 71.1 Å². The summed E-state index contributed by atoms with van der Waals surface area (Å²) in [7, 11) is 0. The van der Waals surface area contributed by atoms with Crippen molar-refractivity contribution in [2.24, 2.45) is 5.41 Å². The lowest BCUT2D eigenvalue weighted by molar-refractivity contribution is -0.136. The highest BCUT2D eigenvalue weighted by atomic mass is 16.4. The van der Waals surface area contributed by atoms with Gasteiger partial charge >= 0.3 is 0 Å². The van der Waals surface area contributed by atoms with Crippen LogP contribution in [0.15, 0.2) is 53.3 Å². The van der Waals surface area contributed by atoms with Gasteiger partial charge in [0.05, 0.1) is 5.60 Å². The van der Waals surface area contributed by atoms with Gasteiger partial charge in [-0.1, -0.05) is 38.1 Å². The van der Waals surface area contributed by atoms with Crippen LogP contribution in [-0.4, -0.2) is 62.0 Å². The molecule has 0 unspecified atom stereocenters. The highest BCUT2D eigenvalue weighted by Crippen LogP contribution is 2.47. The molecule has 0 bridgehead atoms. The van der Waals surface area contributed by atoms with Crippen LogP contribution >= 0.6 is 0 Å². The normalized spacial score (nSPS) is 25.1. The number of piperidine rings is 2. The maximum absolute atomic E-state index is 13.1. The SMILES string of the molecule is CC1(C)CN(Cc2ccc(-c3nnco3)cc2)CC[C@@]1(O)c1ccc2c(c1)CN([C@H]1CCC(=O)NC1=O)C2=O. The summed E-state index contributed by atoms with van der Waals surface area (Å²) in [5.74, 6) is -0.456. The molecule has 2 atom stereocenters. The molecule has 39 heavy (non-hydrogen) atoms. The van der Waals surface area contributed by atoms with Crippen molar-refractivity contribution in [2.45, 2.75) is 57.8 Å². The monoisotopic (exact) mass is 529 g/mol. The van der Waals surface area contributed by atoms with E-state index in [4.69, 9.17) is 4.42 Å². The van der Waals surface area contributed by atoms with Crippen LogP contribution in [-0.2, 0) is 28.3 Å². The molecule has 0 spiro atoms. The number of aliphatic hydroxyl groups is 1. The van der Waals surface area contributed by atoms with Crippen molar-refractivity contribution in [1.29, 1.82) is 0 Å². The topological polar surface area (TPSA) is 129 Å². The third-order valence-electron chi connectivity index (χ3n) is 8.50. The third kappa shape index (κ3) is 4.43. The molecule has 202 valence electrons. The summed E-state index contributed by atoms with van der Waals surface area (Å²) in [6.45, 7) is 6.59. The van der Waals surface area contributed by atoms with Gasteiger partial charge in [0, 0.05) is 49.1 Å². The lowest BCUT2D eigenvalue weighted by Crippen LogP contribution is -2.55. The van der Waals surface area contributed by atoms with E-state index in [0.717, 1.165) is 28.8 Å². The number of nitrogens with zero attached hydrogens (tertiary/aromatic N) is 4. The van der Waals surface area contributed by atoms with Crippen molar-refractivity contribution >= 4 is 17.7 Å². The van der Waals surface area contributed by atoms with Crippen LogP contribution in [0.1, 0.15) is 60.2 Å². The second kappa shape index (κ2) is 9.39. The van der Waals surface area contributed by atoms with Crippen LogP contribution in [0.5, 0.6) is 0 Å². The number of amides is 3. The van der Waals surface area contributed by atoms with Gasteiger partial charge in [0.15, 0.2) is 0 Å². The molecule has 1 aromatic heterocycles. The highest BCUT2D eigenvalue weighted by molar-refractivity contribution is 6.05. The van der Waals surface area contributed by atoms with Gasteiger partial charge < -0.3 is 14.4 Å². The summed E-state index contributed by atoms with van der Waals surface area (Å²) in [6.07, 6.45) is 2.40. The first-order valence-electron chi connectivity index (χ1n) is 13.2. The van der Waals surface area contributed by atoms with E-state index in [1.54, 1.807) is 6.07 Å². The minimum absolute atomic E-state index is 0.211. The Morgan fingerprint density at radius 1 is 1.13 bits per heavy atom. The average Bonchev–Trinajstić information content (AvgIpc) is 3.55. The van der Waals surface area contributed by atoms with E-state index in [-0.39, 0.29) is 24.8 Å². The molecule has 2 N–H and O–H groups in total. The molecule has 0 aliphatic carbocycles. The fraction of sp³-hybridized carbons (Fsp3) is 0.414. The molecule has 10 nitrogen and oxygen atoms in total. The van der Waals surface area contributed by atoms with Gasteiger partial charge in [-0.15, -0.1) is 10.2 Å².